The molecule has 0 aliphatic heterocycles. The number of aryl methyl sites for hydroxylation is 2. The maximum absolute atomic E-state index is 11.4. The number of aromatic carboxylic acids is 1. The first-order valence-corrected chi connectivity index (χ1v) is 6.97. The van der Waals surface area contributed by atoms with Gasteiger partial charge in [-0.25, -0.2) is 9.78 Å². The van der Waals surface area contributed by atoms with E-state index in [-0.39, 0.29) is 5.56 Å². The molecule has 0 unspecified atom stereocenters. The number of carbonyl (C=O) groups is 1. The van der Waals surface area contributed by atoms with Crippen molar-refractivity contribution in [1.29, 1.82) is 0 Å². The SMILES string of the molecule is Cc1cc(C)c(C(=O)O)c(N(C)CC2(O)CCCC2)n1. The highest BCUT2D eigenvalue weighted by Crippen LogP contribution is 2.32. The first-order valence-electron chi connectivity index (χ1n) is 6.97. The van der Waals surface area contributed by atoms with Crippen molar-refractivity contribution in [2.75, 3.05) is 18.5 Å². The molecule has 0 aromatic carbocycles. The van der Waals surface area contributed by atoms with E-state index in [2.05, 4.69) is 4.98 Å². The number of pyridine rings is 1. The van der Waals surface area contributed by atoms with Gasteiger partial charge in [-0.05, 0) is 38.3 Å². The Kier molecular flexibility index (Phi) is 3.99. The lowest BCUT2D eigenvalue weighted by molar-refractivity contribution is 0.0553. The maximum Gasteiger partial charge on any atom is 0.339 e. The molecule has 1 aliphatic rings. The quantitative estimate of drug-likeness (QED) is 0.882. The normalized spacial score (nSPS) is 17.2. The van der Waals surface area contributed by atoms with Crippen molar-refractivity contribution < 1.29 is 15.0 Å². The molecule has 0 bridgehead atoms. The zero-order valence-electron chi connectivity index (χ0n) is 12.3. The Balaban J connectivity index is 2.33. The summed E-state index contributed by atoms with van der Waals surface area (Å²) in [5.41, 5.74) is 0.988. The van der Waals surface area contributed by atoms with E-state index in [1.54, 1.807) is 24.9 Å². The number of aromatic nitrogens is 1. The smallest absolute Gasteiger partial charge is 0.339 e. The molecule has 0 spiro atoms. The fourth-order valence-corrected chi connectivity index (χ4v) is 3.07. The molecular weight excluding hydrogens is 256 g/mol. The molecule has 20 heavy (non-hydrogen) atoms. The van der Waals surface area contributed by atoms with E-state index in [0.29, 0.717) is 17.9 Å². The molecule has 5 nitrogen and oxygen atoms in total. The Labute approximate surface area is 119 Å². The van der Waals surface area contributed by atoms with Crippen molar-refractivity contribution in [3.8, 4) is 0 Å². The zero-order chi connectivity index (χ0) is 14.9. The summed E-state index contributed by atoms with van der Waals surface area (Å²) in [6.45, 7) is 4.04. The summed E-state index contributed by atoms with van der Waals surface area (Å²) < 4.78 is 0. The van der Waals surface area contributed by atoms with Crippen molar-refractivity contribution in [1.82, 2.24) is 4.98 Å². The average Bonchev–Trinajstić information content (AvgIpc) is 2.73. The van der Waals surface area contributed by atoms with Gasteiger partial charge in [-0.1, -0.05) is 12.8 Å². The molecule has 0 radical (unpaired) electrons. The topological polar surface area (TPSA) is 73.7 Å². The van der Waals surface area contributed by atoms with Gasteiger partial charge in [0.2, 0.25) is 0 Å². The number of aliphatic hydroxyl groups is 1. The van der Waals surface area contributed by atoms with E-state index in [1.165, 1.54) is 0 Å². The molecule has 1 aromatic rings. The molecule has 110 valence electrons. The summed E-state index contributed by atoms with van der Waals surface area (Å²) in [7, 11) is 1.80. The van der Waals surface area contributed by atoms with Crippen LogP contribution in [0.1, 0.15) is 47.3 Å². The van der Waals surface area contributed by atoms with Gasteiger partial charge in [0, 0.05) is 19.3 Å². The van der Waals surface area contributed by atoms with Gasteiger partial charge in [0.05, 0.1) is 5.60 Å². The minimum absolute atomic E-state index is 0.222. The molecule has 2 N–H and O–H groups in total. The maximum atomic E-state index is 11.4. The summed E-state index contributed by atoms with van der Waals surface area (Å²) in [6.07, 6.45) is 3.59. The monoisotopic (exact) mass is 278 g/mol. The van der Waals surface area contributed by atoms with E-state index >= 15 is 0 Å². The van der Waals surface area contributed by atoms with Crippen LogP contribution in [0.5, 0.6) is 0 Å². The predicted octanol–water partition coefficient (Wildman–Crippen LogP) is 2.14. The number of nitrogens with zero attached hydrogens (tertiary/aromatic N) is 2. The minimum atomic E-state index is -0.977. The molecule has 5 heteroatoms. The summed E-state index contributed by atoms with van der Waals surface area (Å²) in [4.78, 5) is 17.6. The average molecular weight is 278 g/mol. The van der Waals surface area contributed by atoms with Gasteiger partial charge >= 0.3 is 5.97 Å². The largest absolute Gasteiger partial charge is 0.478 e. The van der Waals surface area contributed by atoms with Crippen molar-refractivity contribution in [3.63, 3.8) is 0 Å². The van der Waals surface area contributed by atoms with Crippen LogP contribution in [0.2, 0.25) is 0 Å². The van der Waals surface area contributed by atoms with Crippen molar-refractivity contribution in [2.24, 2.45) is 0 Å². The summed E-state index contributed by atoms with van der Waals surface area (Å²) in [5, 5.41) is 19.9. The third kappa shape index (κ3) is 2.93. The van der Waals surface area contributed by atoms with Crippen LogP contribution in [0.15, 0.2) is 6.07 Å². The Morgan fingerprint density at radius 2 is 2.00 bits per heavy atom. The number of hydrogen-bond acceptors (Lipinski definition) is 4. The van der Waals surface area contributed by atoms with E-state index in [9.17, 15) is 15.0 Å². The van der Waals surface area contributed by atoms with Crippen LogP contribution in [0.4, 0.5) is 5.82 Å². The summed E-state index contributed by atoms with van der Waals surface area (Å²) in [6, 6.07) is 1.77. The van der Waals surface area contributed by atoms with Crippen LogP contribution in [0.3, 0.4) is 0 Å². The van der Waals surface area contributed by atoms with Gasteiger partial charge < -0.3 is 15.1 Å². The Hall–Kier alpha value is -1.62. The second kappa shape index (κ2) is 5.40. The molecule has 0 atom stereocenters. The molecule has 0 amide bonds. The highest BCUT2D eigenvalue weighted by molar-refractivity contribution is 5.95. The van der Waals surface area contributed by atoms with Crippen molar-refractivity contribution >= 4 is 11.8 Å². The predicted molar refractivity (Wildman–Crippen MR) is 77.4 cm³/mol. The molecule has 2 rings (SSSR count). The van der Waals surface area contributed by atoms with Crippen LogP contribution in [0.25, 0.3) is 0 Å². The molecule has 1 aromatic heterocycles. The highest BCUT2D eigenvalue weighted by atomic mass is 16.4. The number of carboxylic acid groups (broad SMARTS) is 1. The Morgan fingerprint density at radius 3 is 2.55 bits per heavy atom. The van der Waals surface area contributed by atoms with Crippen LogP contribution in [0, 0.1) is 13.8 Å². The van der Waals surface area contributed by atoms with Gasteiger partial charge in [0.1, 0.15) is 11.4 Å². The van der Waals surface area contributed by atoms with Gasteiger partial charge in [-0.2, -0.15) is 0 Å². The third-order valence-electron chi connectivity index (χ3n) is 3.97. The standard InChI is InChI=1S/C15H22N2O3/c1-10-8-11(2)16-13(12(10)14(18)19)17(3)9-15(20)6-4-5-7-15/h8,20H,4-7,9H2,1-3H3,(H,18,19). The van der Waals surface area contributed by atoms with Gasteiger partial charge in [-0.3, -0.25) is 0 Å². The van der Waals surface area contributed by atoms with E-state index < -0.39 is 11.6 Å². The second-order valence-electron chi connectivity index (χ2n) is 5.87. The first kappa shape index (κ1) is 14.8. The number of hydrogen-bond donors (Lipinski definition) is 2. The highest BCUT2D eigenvalue weighted by Gasteiger charge is 2.33. The number of carboxylic acids is 1. The number of rotatable bonds is 4. The fourth-order valence-electron chi connectivity index (χ4n) is 3.07. The lowest BCUT2D eigenvalue weighted by atomic mass is 10.0. The van der Waals surface area contributed by atoms with Gasteiger partial charge in [0.15, 0.2) is 0 Å². The molecule has 0 saturated heterocycles. The number of likely N-dealkylation sites (N-methyl/N-ethyl adjacent to an activating group) is 1. The lowest BCUT2D eigenvalue weighted by Crippen LogP contribution is -2.40. The van der Waals surface area contributed by atoms with Crippen LogP contribution in [-0.4, -0.2) is 40.4 Å². The third-order valence-corrected chi connectivity index (χ3v) is 3.97. The lowest BCUT2D eigenvalue weighted by Gasteiger charge is -2.30. The van der Waals surface area contributed by atoms with Crippen molar-refractivity contribution in [3.05, 3.63) is 22.9 Å². The van der Waals surface area contributed by atoms with E-state index in [4.69, 9.17) is 0 Å². The van der Waals surface area contributed by atoms with Crippen LogP contribution >= 0.6 is 0 Å². The molecule has 1 fully saturated rings. The van der Waals surface area contributed by atoms with Gasteiger partial charge in [-0.15, -0.1) is 0 Å². The zero-order valence-corrected chi connectivity index (χ0v) is 12.3. The molecular formula is C15H22N2O3. The van der Waals surface area contributed by atoms with Crippen molar-refractivity contribution in [2.45, 2.75) is 45.1 Å². The summed E-state index contributed by atoms with van der Waals surface area (Å²) >= 11 is 0. The van der Waals surface area contributed by atoms with Crippen LogP contribution in [-0.2, 0) is 0 Å². The molecule has 1 aliphatic carbocycles. The summed E-state index contributed by atoms with van der Waals surface area (Å²) in [5.74, 6) is -0.536. The van der Waals surface area contributed by atoms with E-state index in [0.717, 1.165) is 31.4 Å². The molecule has 1 heterocycles. The van der Waals surface area contributed by atoms with Crippen LogP contribution < -0.4 is 4.90 Å². The Morgan fingerprint density at radius 1 is 1.40 bits per heavy atom. The second-order valence-corrected chi connectivity index (χ2v) is 5.87. The number of anilines is 1. The Bertz CT molecular complexity index is 522. The first-order chi connectivity index (χ1) is 9.32. The van der Waals surface area contributed by atoms with E-state index in [1.807, 2.05) is 6.92 Å². The van der Waals surface area contributed by atoms with Gasteiger partial charge in [0.25, 0.3) is 0 Å². The minimum Gasteiger partial charge on any atom is -0.478 e. The fraction of sp³-hybridized carbons (Fsp3) is 0.600. The molecule has 1 saturated carbocycles.